The van der Waals surface area contributed by atoms with Crippen LogP contribution in [0, 0.1) is 5.41 Å². The number of hydrogen-bond acceptors (Lipinski definition) is 5. The van der Waals surface area contributed by atoms with Gasteiger partial charge in [-0.2, -0.15) is 0 Å². The van der Waals surface area contributed by atoms with Gasteiger partial charge in [0, 0.05) is 24.1 Å². The molecule has 0 spiro atoms. The Hall–Kier alpha value is -1.44. The van der Waals surface area contributed by atoms with Crippen molar-refractivity contribution in [1.29, 1.82) is 0 Å². The van der Waals surface area contributed by atoms with Crippen molar-refractivity contribution in [3.63, 3.8) is 0 Å². The summed E-state index contributed by atoms with van der Waals surface area (Å²) in [6.45, 7) is 9.69. The van der Waals surface area contributed by atoms with Gasteiger partial charge < -0.3 is 15.8 Å². The molecule has 0 radical (unpaired) electrons. The van der Waals surface area contributed by atoms with E-state index < -0.39 is 26.0 Å². The summed E-state index contributed by atoms with van der Waals surface area (Å²) in [4.78, 5) is 12.8. The number of nitrogens with two attached hydrogens (primary N) is 1. The molecule has 1 aromatic rings. The van der Waals surface area contributed by atoms with E-state index in [2.05, 4.69) is 5.32 Å². The van der Waals surface area contributed by atoms with Crippen LogP contribution in [0.25, 0.3) is 0 Å². The number of carbonyl (C=O) groups excluding carboxylic acids is 1. The van der Waals surface area contributed by atoms with Gasteiger partial charge in [-0.15, -0.1) is 0 Å². The van der Waals surface area contributed by atoms with Crippen molar-refractivity contribution < 1.29 is 17.9 Å². The maximum Gasteiger partial charge on any atom is 0.245 e. The second-order valence-corrected chi connectivity index (χ2v) is 10.4. The SMILES string of the molecule is CCOC1CC(N)(C(=O)Nc2cccc(CS(=O)(=O)C(C)C)c2)C1(C)C. The maximum absolute atomic E-state index is 12.8. The predicted octanol–water partition coefficient (Wildman–Crippen LogP) is 2.48. The maximum atomic E-state index is 12.8. The summed E-state index contributed by atoms with van der Waals surface area (Å²) in [5, 5.41) is 2.40. The molecule has 0 heterocycles. The van der Waals surface area contributed by atoms with Crippen molar-refractivity contribution in [2.24, 2.45) is 11.1 Å². The molecule has 2 rings (SSSR count). The van der Waals surface area contributed by atoms with E-state index in [1.165, 1.54) is 0 Å². The van der Waals surface area contributed by atoms with E-state index in [9.17, 15) is 13.2 Å². The monoisotopic (exact) mass is 382 g/mol. The molecule has 2 atom stereocenters. The molecule has 1 saturated carbocycles. The van der Waals surface area contributed by atoms with E-state index in [0.29, 0.717) is 24.3 Å². The first-order valence-electron chi connectivity index (χ1n) is 8.96. The quantitative estimate of drug-likeness (QED) is 0.755. The Morgan fingerprint density at radius 1 is 1.38 bits per heavy atom. The smallest absolute Gasteiger partial charge is 0.245 e. The fraction of sp³-hybridized carbons (Fsp3) is 0.632. The van der Waals surface area contributed by atoms with Crippen LogP contribution < -0.4 is 11.1 Å². The highest BCUT2D eigenvalue weighted by Gasteiger charge is 2.62. The lowest BCUT2D eigenvalue weighted by molar-refractivity contribution is -0.166. The first kappa shape index (κ1) is 20.9. The summed E-state index contributed by atoms with van der Waals surface area (Å²) in [5.41, 5.74) is 6.07. The summed E-state index contributed by atoms with van der Waals surface area (Å²) in [5.74, 6) is -0.331. The van der Waals surface area contributed by atoms with Crippen LogP contribution in [0.3, 0.4) is 0 Å². The van der Waals surface area contributed by atoms with Crippen LogP contribution >= 0.6 is 0 Å². The number of amides is 1. The molecular formula is C19H30N2O4S. The zero-order valence-electron chi connectivity index (χ0n) is 16.2. The Labute approximate surface area is 156 Å². The van der Waals surface area contributed by atoms with Gasteiger partial charge in [-0.3, -0.25) is 4.79 Å². The molecule has 146 valence electrons. The second kappa shape index (κ2) is 7.29. The van der Waals surface area contributed by atoms with E-state index in [4.69, 9.17) is 10.5 Å². The first-order chi connectivity index (χ1) is 11.9. The largest absolute Gasteiger partial charge is 0.378 e. The van der Waals surface area contributed by atoms with Crippen molar-refractivity contribution in [1.82, 2.24) is 0 Å². The fourth-order valence-electron chi connectivity index (χ4n) is 3.20. The number of nitrogens with one attached hydrogen (secondary N) is 1. The third kappa shape index (κ3) is 3.80. The van der Waals surface area contributed by atoms with Crippen molar-refractivity contribution in [3.05, 3.63) is 29.8 Å². The average Bonchev–Trinajstić information content (AvgIpc) is 2.54. The number of sulfone groups is 1. The summed E-state index contributed by atoms with van der Waals surface area (Å²) in [7, 11) is -3.20. The van der Waals surface area contributed by atoms with E-state index in [1.54, 1.807) is 38.1 Å². The third-order valence-electron chi connectivity index (χ3n) is 5.51. The highest BCUT2D eigenvalue weighted by molar-refractivity contribution is 7.91. The van der Waals surface area contributed by atoms with Gasteiger partial charge >= 0.3 is 0 Å². The number of benzene rings is 1. The molecule has 0 aliphatic heterocycles. The number of rotatable bonds is 7. The molecule has 26 heavy (non-hydrogen) atoms. The molecule has 6 nitrogen and oxygen atoms in total. The van der Waals surface area contributed by atoms with Crippen LogP contribution in [0.15, 0.2) is 24.3 Å². The number of anilines is 1. The van der Waals surface area contributed by atoms with Crippen LogP contribution in [-0.4, -0.2) is 37.8 Å². The van der Waals surface area contributed by atoms with Crippen LogP contribution in [-0.2, 0) is 25.1 Å². The van der Waals surface area contributed by atoms with E-state index in [0.717, 1.165) is 0 Å². The zero-order valence-corrected chi connectivity index (χ0v) is 17.0. The molecule has 1 aliphatic rings. The van der Waals surface area contributed by atoms with E-state index >= 15 is 0 Å². The molecule has 3 N–H and O–H groups in total. The van der Waals surface area contributed by atoms with Gasteiger partial charge in [-0.05, 0) is 38.5 Å². The van der Waals surface area contributed by atoms with Gasteiger partial charge in [0.15, 0.2) is 9.84 Å². The minimum atomic E-state index is -3.20. The Morgan fingerprint density at radius 3 is 2.58 bits per heavy atom. The van der Waals surface area contributed by atoms with Crippen LogP contribution in [0.1, 0.15) is 46.6 Å². The highest BCUT2D eigenvalue weighted by atomic mass is 32.2. The minimum absolute atomic E-state index is 0.0502. The van der Waals surface area contributed by atoms with Crippen molar-refractivity contribution in [2.45, 2.75) is 63.7 Å². The van der Waals surface area contributed by atoms with E-state index in [1.807, 2.05) is 20.8 Å². The van der Waals surface area contributed by atoms with Gasteiger partial charge in [0.05, 0.1) is 17.1 Å². The highest BCUT2D eigenvalue weighted by Crippen LogP contribution is 2.50. The number of ether oxygens (including phenoxy) is 1. The van der Waals surface area contributed by atoms with Crippen molar-refractivity contribution in [2.75, 3.05) is 11.9 Å². The van der Waals surface area contributed by atoms with Crippen molar-refractivity contribution in [3.8, 4) is 0 Å². The van der Waals surface area contributed by atoms with Crippen LogP contribution in [0.4, 0.5) is 5.69 Å². The van der Waals surface area contributed by atoms with Gasteiger partial charge in [0.2, 0.25) is 5.91 Å². The first-order valence-corrected chi connectivity index (χ1v) is 10.7. The summed E-state index contributed by atoms with van der Waals surface area (Å²) in [6.07, 6.45) is 0.409. The molecule has 0 saturated heterocycles. The number of hydrogen-bond donors (Lipinski definition) is 2. The van der Waals surface area contributed by atoms with Gasteiger partial charge in [0.1, 0.15) is 5.54 Å². The van der Waals surface area contributed by atoms with E-state index in [-0.39, 0.29) is 17.8 Å². The molecule has 1 aliphatic carbocycles. The second-order valence-electron chi connectivity index (χ2n) is 7.85. The summed E-state index contributed by atoms with van der Waals surface area (Å²) < 4.78 is 29.9. The Kier molecular flexibility index (Phi) is 5.85. The Bertz CT molecular complexity index is 773. The summed E-state index contributed by atoms with van der Waals surface area (Å²) >= 11 is 0. The topological polar surface area (TPSA) is 98.5 Å². The normalized spacial score (nSPS) is 25.0. The lowest BCUT2D eigenvalue weighted by Gasteiger charge is -2.57. The number of carbonyl (C=O) groups is 1. The molecule has 1 fully saturated rings. The van der Waals surface area contributed by atoms with Gasteiger partial charge in [0.25, 0.3) is 0 Å². The third-order valence-corrected chi connectivity index (χ3v) is 7.68. The molecular weight excluding hydrogens is 352 g/mol. The van der Waals surface area contributed by atoms with Crippen LogP contribution in [0.2, 0.25) is 0 Å². The molecule has 7 heteroatoms. The zero-order chi connectivity index (χ0) is 19.8. The lowest BCUT2D eigenvalue weighted by Crippen LogP contribution is -2.74. The molecule has 1 aromatic carbocycles. The average molecular weight is 383 g/mol. The Balaban J connectivity index is 2.12. The molecule has 0 bridgehead atoms. The van der Waals surface area contributed by atoms with Crippen molar-refractivity contribution >= 4 is 21.4 Å². The molecule has 0 aromatic heterocycles. The van der Waals surface area contributed by atoms with Gasteiger partial charge in [-0.25, -0.2) is 8.42 Å². The summed E-state index contributed by atoms with van der Waals surface area (Å²) in [6, 6.07) is 6.90. The predicted molar refractivity (Wildman–Crippen MR) is 104 cm³/mol. The van der Waals surface area contributed by atoms with Crippen LogP contribution in [0.5, 0.6) is 0 Å². The van der Waals surface area contributed by atoms with Gasteiger partial charge in [-0.1, -0.05) is 26.0 Å². The Morgan fingerprint density at radius 2 is 2.04 bits per heavy atom. The molecule has 2 unspecified atom stereocenters. The molecule has 1 amide bonds. The minimum Gasteiger partial charge on any atom is -0.378 e. The fourth-order valence-corrected chi connectivity index (χ4v) is 4.18. The standard InChI is InChI=1S/C19H30N2O4S/c1-6-25-16-11-19(20,18(16,4)5)17(22)21-15-9-7-8-14(10-15)12-26(23,24)13(2)3/h7-10,13,16H,6,11-12,20H2,1-5H3,(H,21,22). The lowest BCUT2D eigenvalue weighted by atomic mass is 9.54.